The van der Waals surface area contributed by atoms with E-state index < -0.39 is 50.1 Å². The molecule has 0 saturated carbocycles. The molecular formula is C25H21F4N3O3S. The van der Waals surface area contributed by atoms with Crippen molar-refractivity contribution in [2.45, 2.75) is 18.0 Å². The molecular weight excluding hydrogens is 498 g/mol. The van der Waals surface area contributed by atoms with Gasteiger partial charge in [0.2, 0.25) is 0 Å². The highest BCUT2D eigenvalue weighted by Gasteiger charge is 2.30. The number of para-hydroxylation sites is 1. The van der Waals surface area contributed by atoms with Gasteiger partial charge in [0.25, 0.3) is 0 Å². The van der Waals surface area contributed by atoms with Gasteiger partial charge in [-0.15, -0.1) is 0 Å². The summed E-state index contributed by atoms with van der Waals surface area (Å²) in [5, 5.41) is 7.17. The van der Waals surface area contributed by atoms with E-state index in [9.17, 15) is 26.0 Å². The summed E-state index contributed by atoms with van der Waals surface area (Å²) in [5.41, 5.74) is 0.737. The van der Waals surface area contributed by atoms with Gasteiger partial charge in [-0.3, -0.25) is 4.68 Å². The molecule has 0 saturated heterocycles. The summed E-state index contributed by atoms with van der Waals surface area (Å²) < 4.78 is 86.5. The average Bonchev–Trinajstić information content (AvgIpc) is 3.32. The SMILES string of the molecule is CS(=O)(=O)c1c(F)c(F)c(F)c(F)c1CNCCn1ccc(-c2ccc(Oc3ccccc3)cc2)n1. The lowest BCUT2D eigenvalue weighted by Gasteiger charge is -2.13. The number of benzene rings is 3. The molecule has 0 aliphatic rings. The van der Waals surface area contributed by atoms with Crippen LogP contribution < -0.4 is 10.1 Å². The van der Waals surface area contributed by atoms with Gasteiger partial charge in [0, 0.05) is 36.7 Å². The Balaban J connectivity index is 1.38. The number of nitrogens with zero attached hydrogens (tertiary/aromatic N) is 2. The van der Waals surface area contributed by atoms with E-state index in [1.54, 1.807) is 16.9 Å². The number of aromatic nitrogens is 2. The highest BCUT2D eigenvalue weighted by atomic mass is 32.2. The van der Waals surface area contributed by atoms with E-state index in [2.05, 4.69) is 10.4 Å². The minimum absolute atomic E-state index is 0.161. The summed E-state index contributed by atoms with van der Waals surface area (Å²) in [6.45, 7) is -0.0786. The molecule has 0 amide bonds. The Hall–Kier alpha value is -3.70. The number of rotatable bonds is 9. The van der Waals surface area contributed by atoms with Crippen molar-refractivity contribution >= 4 is 9.84 Å². The molecule has 0 unspecified atom stereocenters. The second-order valence-electron chi connectivity index (χ2n) is 7.92. The van der Waals surface area contributed by atoms with Gasteiger partial charge in [-0.1, -0.05) is 18.2 Å². The first-order valence-corrected chi connectivity index (χ1v) is 12.7. The van der Waals surface area contributed by atoms with E-state index in [-0.39, 0.29) is 13.1 Å². The lowest BCUT2D eigenvalue weighted by atomic mass is 10.1. The Morgan fingerprint density at radius 3 is 2.17 bits per heavy atom. The Bertz CT molecular complexity index is 1470. The van der Waals surface area contributed by atoms with E-state index in [1.807, 2.05) is 54.6 Å². The lowest BCUT2D eigenvalue weighted by Crippen LogP contribution is -2.23. The number of sulfone groups is 1. The molecule has 1 heterocycles. The molecule has 1 N–H and O–H groups in total. The minimum atomic E-state index is -4.35. The van der Waals surface area contributed by atoms with E-state index in [0.29, 0.717) is 17.7 Å². The van der Waals surface area contributed by atoms with Crippen LogP contribution in [0.3, 0.4) is 0 Å². The summed E-state index contributed by atoms with van der Waals surface area (Å²) in [4.78, 5) is -1.20. The monoisotopic (exact) mass is 519 g/mol. The molecule has 0 bridgehead atoms. The molecule has 4 aromatic rings. The standard InChI is InChI=1S/C25H21F4N3O3S/c1-36(33,34)25-19(21(26)22(27)23(28)24(25)29)15-30-12-14-32-13-11-20(31-32)16-7-9-18(10-8-16)35-17-5-3-2-4-6-17/h2-11,13,30H,12,14-15H2,1H3. The van der Waals surface area contributed by atoms with Gasteiger partial charge in [-0.25, -0.2) is 26.0 Å². The van der Waals surface area contributed by atoms with Gasteiger partial charge in [-0.05, 0) is 42.5 Å². The highest BCUT2D eigenvalue weighted by Crippen LogP contribution is 2.28. The van der Waals surface area contributed by atoms with Crippen molar-refractivity contribution in [1.29, 1.82) is 0 Å². The molecule has 0 radical (unpaired) electrons. The lowest BCUT2D eigenvalue weighted by molar-refractivity contribution is 0.386. The molecule has 0 fully saturated rings. The normalized spacial score (nSPS) is 11.6. The van der Waals surface area contributed by atoms with Crippen LogP contribution in [0.25, 0.3) is 11.3 Å². The van der Waals surface area contributed by atoms with E-state index in [1.165, 1.54) is 0 Å². The van der Waals surface area contributed by atoms with Gasteiger partial charge < -0.3 is 10.1 Å². The Labute approximate surface area is 205 Å². The van der Waals surface area contributed by atoms with Crippen molar-refractivity contribution in [1.82, 2.24) is 15.1 Å². The maximum atomic E-state index is 14.2. The molecule has 4 rings (SSSR count). The molecule has 11 heteroatoms. The Morgan fingerprint density at radius 1 is 0.861 bits per heavy atom. The molecule has 188 valence electrons. The van der Waals surface area contributed by atoms with Gasteiger partial charge in [0.15, 0.2) is 33.1 Å². The number of hydrogen-bond donors (Lipinski definition) is 1. The highest BCUT2D eigenvalue weighted by molar-refractivity contribution is 7.90. The minimum Gasteiger partial charge on any atom is -0.457 e. The molecule has 3 aromatic carbocycles. The number of nitrogens with one attached hydrogen (secondary N) is 1. The summed E-state index contributed by atoms with van der Waals surface area (Å²) in [6, 6.07) is 18.5. The quantitative estimate of drug-likeness (QED) is 0.110. The summed E-state index contributed by atoms with van der Waals surface area (Å²) >= 11 is 0. The third-order valence-corrected chi connectivity index (χ3v) is 6.44. The van der Waals surface area contributed by atoms with Crippen molar-refractivity contribution in [3.05, 3.63) is 95.7 Å². The van der Waals surface area contributed by atoms with Crippen LogP contribution in [0.4, 0.5) is 17.6 Å². The number of halogens is 4. The van der Waals surface area contributed by atoms with Crippen LogP contribution in [0, 0.1) is 23.3 Å². The van der Waals surface area contributed by atoms with E-state index >= 15 is 0 Å². The van der Waals surface area contributed by atoms with Crippen LogP contribution in [0.2, 0.25) is 0 Å². The first-order valence-electron chi connectivity index (χ1n) is 10.8. The Morgan fingerprint density at radius 2 is 1.50 bits per heavy atom. The predicted octanol–water partition coefficient (Wildman–Crippen LogP) is 5.09. The molecule has 36 heavy (non-hydrogen) atoms. The van der Waals surface area contributed by atoms with Crippen LogP contribution >= 0.6 is 0 Å². The maximum absolute atomic E-state index is 14.2. The fourth-order valence-electron chi connectivity index (χ4n) is 3.57. The van der Waals surface area contributed by atoms with Crippen LogP contribution in [0.5, 0.6) is 11.5 Å². The topological polar surface area (TPSA) is 73.2 Å². The van der Waals surface area contributed by atoms with Crippen LogP contribution in [0.15, 0.2) is 71.8 Å². The fourth-order valence-corrected chi connectivity index (χ4v) is 4.59. The molecule has 6 nitrogen and oxygen atoms in total. The van der Waals surface area contributed by atoms with E-state index in [4.69, 9.17) is 4.74 Å². The van der Waals surface area contributed by atoms with Crippen molar-refractivity contribution in [3.8, 4) is 22.8 Å². The molecule has 0 atom stereocenters. The third kappa shape index (κ3) is 5.58. The van der Waals surface area contributed by atoms with Crippen LogP contribution in [-0.2, 0) is 22.9 Å². The van der Waals surface area contributed by atoms with Crippen molar-refractivity contribution in [2.75, 3.05) is 12.8 Å². The first kappa shape index (κ1) is 25.4. The second-order valence-corrected chi connectivity index (χ2v) is 9.87. The largest absolute Gasteiger partial charge is 0.457 e. The summed E-state index contributed by atoms with van der Waals surface area (Å²) in [6.07, 6.45) is 2.31. The zero-order valence-electron chi connectivity index (χ0n) is 19.0. The zero-order valence-corrected chi connectivity index (χ0v) is 19.8. The van der Waals surface area contributed by atoms with Crippen molar-refractivity contribution < 1.29 is 30.7 Å². The predicted molar refractivity (Wildman–Crippen MR) is 125 cm³/mol. The van der Waals surface area contributed by atoms with Crippen LogP contribution in [-0.4, -0.2) is 31.0 Å². The molecule has 0 aliphatic heterocycles. The Kier molecular flexibility index (Phi) is 7.41. The van der Waals surface area contributed by atoms with Crippen LogP contribution in [0.1, 0.15) is 5.56 Å². The molecule has 1 aromatic heterocycles. The smallest absolute Gasteiger partial charge is 0.198 e. The van der Waals surface area contributed by atoms with Gasteiger partial charge in [0.05, 0.1) is 12.2 Å². The van der Waals surface area contributed by atoms with Gasteiger partial charge >= 0.3 is 0 Å². The molecule has 0 spiro atoms. The van der Waals surface area contributed by atoms with E-state index in [0.717, 1.165) is 11.3 Å². The van der Waals surface area contributed by atoms with Crippen molar-refractivity contribution in [2.24, 2.45) is 0 Å². The summed E-state index contributed by atoms with van der Waals surface area (Å²) in [7, 11) is -4.35. The third-order valence-electron chi connectivity index (χ3n) is 5.28. The number of hydrogen-bond acceptors (Lipinski definition) is 5. The van der Waals surface area contributed by atoms with Gasteiger partial charge in [0.1, 0.15) is 16.4 Å². The first-order chi connectivity index (χ1) is 17.1. The van der Waals surface area contributed by atoms with Gasteiger partial charge in [-0.2, -0.15) is 5.10 Å². The number of ether oxygens (including phenoxy) is 1. The fraction of sp³-hybridized carbons (Fsp3) is 0.160. The summed E-state index contributed by atoms with van der Waals surface area (Å²) in [5.74, 6) is -6.53. The second kappa shape index (κ2) is 10.5. The average molecular weight is 520 g/mol. The molecule has 0 aliphatic carbocycles. The van der Waals surface area contributed by atoms with Crippen molar-refractivity contribution in [3.63, 3.8) is 0 Å². The maximum Gasteiger partial charge on any atom is 0.198 e. The zero-order chi connectivity index (χ0) is 25.9.